The Morgan fingerprint density at radius 2 is 1.81 bits per heavy atom. The number of rotatable bonds is 2. The molecule has 6 nitrogen and oxygen atoms in total. The van der Waals surface area contributed by atoms with Gasteiger partial charge in [0.15, 0.2) is 0 Å². The molecule has 2 aliphatic rings. The number of nitrogens with one attached hydrogen (secondary N) is 1. The van der Waals surface area contributed by atoms with Crippen molar-refractivity contribution >= 4 is 11.9 Å². The summed E-state index contributed by atoms with van der Waals surface area (Å²) in [5, 5.41) is 2.94. The minimum Gasteiger partial charge on any atom is -0.444 e. The van der Waals surface area contributed by atoms with Gasteiger partial charge in [0.2, 0.25) is 0 Å². The number of carbonyl (C=O) groups is 1. The Balaban J connectivity index is 1.68. The third kappa shape index (κ3) is 4.19. The van der Waals surface area contributed by atoms with E-state index >= 15 is 0 Å². The number of hydrogen-bond donors (Lipinski definition) is 1. The van der Waals surface area contributed by atoms with Gasteiger partial charge in [-0.05, 0) is 45.4 Å². The van der Waals surface area contributed by atoms with Gasteiger partial charge in [-0.1, -0.05) is 0 Å². The van der Waals surface area contributed by atoms with E-state index in [1.807, 2.05) is 4.90 Å². The molecule has 1 N–H and O–H groups in total. The van der Waals surface area contributed by atoms with Gasteiger partial charge in [0.05, 0.1) is 0 Å². The second-order valence-electron chi connectivity index (χ2n) is 7.93. The van der Waals surface area contributed by atoms with Crippen molar-refractivity contribution in [2.45, 2.75) is 51.4 Å². The third-order valence-electron chi connectivity index (χ3n) is 4.78. The maximum Gasteiger partial charge on any atom is 0.433 e. The van der Waals surface area contributed by atoms with Gasteiger partial charge in [0.1, 0.15) is 23.4 Å². The van der Waals surface area contributed by atoms with Crippen molar-refractivity contribution in [3.63, 3.8) is 0 Å². The summed E-state index contributed by atoms with van der Waals surface area (Å²) in [6.45, 7) is 6.50. The van der Waals surface area contributed by atoms with Crippen LogP contribution in [0.15, 0.2) is 12.4 Å². The molecule has 144 valence electrons. The zero-order valence-electron chi connectivity index (χ0n) is 15.0. The molecule has 1 aromatic rings. The fourth-order valence-corrected chi connectivity index (χ4v) is 3.76. The predicted molar refractivity (Wildman–Crippen MR) is 88.6 cm³/mol. The van der Waals surface area contributed by atoms with E-state index in [0.717, 1.165) is 25.2 Å². The van der Waals surface area contributed by atoms with Crippen LogP contribution < -0.4 is 10.2 Å². The molecular formula is C17H23F3N4O2. The number of aromatic nitrogens is 2. The zero-order valence-corrected chi connectivity index (χ0v) is 15.0. The maximum absolute atomic E-state index is 12.9. The van der Waals surface area contributed by atoms with E-state index in [0.29, 0.717) is 13.1 Å². The molecule has 3 atom stereocenters. The molecule has 1 saturated heterocycles. The molecule has 0 aromatic carbocycles. The van der Waals surface area contributed by atoms with Crippen LogP contribution in [0.2, 0.25) is 0 Å². The number of fused-ring (bicyclic) bond motifs is 2. The lowest BCUT2D eigenvalue weighted by molar-refractivity contribution is -0.141. The lowest BCUT2D eigenvalue weighted by Crippen LogP contribution is -2.53. The quantitative estimate of drug-likeness (QED) is 0.863. The Morgan fingerprint density at radius 3 is 2.35 bits per heavy atom. The average Bonchev–Trinajstić information content (AvgIpc) is 2.75. The number of amides is 1. The van der Waals surface area contributed by atoms with Crippen LogP contribution in [0.3, 0.4) is 0 Å². The summed E-state index contributed by atoms with van der Waals surface area (Å²) in [6, 6.07) is 0.964. The number of halogens is 3. The number of nitrogens with zero attached hydrogens (tertiary/aromatic N) is 3. The summed E-state index contributed by atoms with van der Waals surface area (Å²) in [7, 11) is 0. The second kappa shape index (κ2) is 6.59. The van der Waals surface area contributed by atoms with E-state index < -0.39 is 23.6 Å². The molecule has 1 aromatic heterocycles. The number of alkyl carbamates (subject to hydrolysis) is 1. The lowest BCUT2D eigenvalue weighted by atomic mass is 9.92. The highest BCUT2D eigenvalue weighted by Crippen LogP contribution is 2.39. The monoisotopic (exact) mass is 372 g/mol. The van der Waals surface area contributed by atoms with Gasteiger partial charge in [-0.25, -0.2) is 14.8 Å². The lowest BCUT2D eigenvalue weighted by Gasteiger charge is -2.39. The Bertz CT molecular complexity index is 661. The zero-order chi connectivity index (χ0) is 19.1. The van der Waals surface area contributed by atoms with E-state index in [1.54, 1.807) is 20.8 Å². The van der Waals surface area contributed by atoms with Gasteiger partial charge in [-0.3, -0.25) is 0 Å². The van der Waals surface area contributed by atoms with Gasteiger partial charge >= 0.3 is 12.3 Å². The second-order valence-corrected chi connectivity index (χ2v) is 7.93. The molecule has 9 heteroatoms. The van der Waals surface area contributed by atoms with Crippen molar-refractivity contribution in [3.8, 4) is 0 Å². The van der Waals surface area contributed by atoms with Gasteiger partial charge < -0.3 is 15.0 Å². The van der Waals surface area contributed by atoms with Gasteiger partial charge in [0.25, 0.3) is 0 Å². The van der Waals surface area contributed by atoms with Crippen molar-refractivity contribution in [2.24, 2.45) is 11.8 Å². The molecule has 1 saturated carbocycles. The first kappa shape index (κ1) is 18.7. The van der Waals surface area contributed by atoms with Gasteiger partial charge in [-0.15, -0.1) is 0 Å². The van der Waals surface area contributed by atoms with Gasteiger partial charge in [0, 0.05) is 25.2 Å². The van der Waals surface area contributed by atoms with E-state index in [1.165, 1.54) is 0 Å². The van der Waals surface area contributed by atoms with Crippen LogP contribution in [0.5, 0.6) is 0 Å². The molecule has 2 bridgehead atoms. The molecular weight excluding hydrogens is 349 g/mol. The van der Waals surface area contributed by atoms with Crippen molar-refractivity contribution in [3.05, 3.63) is 18.1 Å². The maximum atomic E-state index is 12.9. The first-order chi connectivity index (χ1) is 12.0. The van der Waals surface area contributed by atoms with Gasteiger partial charge in [-0.2, -0.15) is 13.2 Å². The Morgan fingerprint density at radius 1 is 1.19 bits per heavy atom. The number of carbonyl (C=O) groups excluding carboxylic acids is 1. The fourth-order valence-electron chi connectivity index (χ4n) is 3.76. The van der Waals surface area contributed by atoms with Crippen molar-refractivity contribution in [1.82, 2.24) is 15.3 Å². The molecule has 1 aliphatic carbocycles. The topological polar surface area (TPSA) is 67.3 Å². The van der Waals surface area contributed by atoms with E-state index in [2.05, 4.69) is 15.3 Å². The van der Waals surface area contributed by atoms with Crippen LogP contribution in [0.25, 0.3) is 0 Å². The first-order valence-electron chi connectivity index (χ1n) is 8.66. The smallest absolute Gasteiger partial charge is 0.433 e. The molecule has 3 rings (SSSR count). The van der Waals surface area contributed by atoms with Crippen molar-refractivity contribution < 1.29 is 22.7 Å². The normalized spacial score (nSPS) is 25.9. The highest BCUT2D eigenvalue weighted by Gasteiger charge is 2.44. The van der Waals surface area contributed by atoms with Crippen molar-refractivity contribution in [1.29, 1.82) is 0 Å². The number of ether oxygens (including phenoxy) is 1. The summed E-state index contributed by atoms with van der Waals surface area (Å²) in [4.78, 5) is 21.2. The van der Waals surface area contributed by atoms with Crippen LogP contribution >= 0.6 is 0 Å². The standard InChI is InChI=1S/C17H23F3N4O2/c1-16(2,3)26-15(25)23-14-10-4-5-11(14)8-24(7-10)13-6-12(17(18,19)20)21-9-22-13/h6,9-11,14H,4-5,7-8H2,1-3H3,(H,23,25)/t10-,11+,14-. The van der Waals surface area contributed by atoms with E-state index in [-0.39, 0.29) is 23.7 Å². The van der Waals surface area contributed by atoms with Crippen LogP contribution in [-0.4, -0.2) is 40.8 Å². The van der Waals surface area contributed by atoms with Crippen molar-refractivity contribution in [2.75, 3.05) is 18.0 Å². The molecule has 1 aliphatic heterocycles. The molecule has 1 amide bonds. The average molecular weight is 372 g/mol. The van der Waals surface area contributed by atoms with E-state index in [4.69, 9.17) is 4.74 Å². The summed E-state index contributed by atoms with van der Waals surface area (Å²) >= 11 is 0. The summed E-state index contributed by atoms with van der Waals surface area (Å²) in [6.07, 6.45) is -2.16. The summed E-state index contributed by atoms with van der Waals surface area (Å²) < 4.78 is 43.9. The summed E-state index contributed by atoms with van der Waals surface area (Å²) in [5.41, 5.74) is -1.51. The molecule has 2 fully saturated rings. The minimum atomic E-state index is -4.49. The summed E-state index contributed by atoms with van der Waals surface area (Å²) in [5.74, 6) is 0.594. The molecule has 0 radical (unpaired) electrons. The largest absolute Gasteiger partial charge is 0.444 e. The van der Waals surface area contributed by atoms with E-state index in [9.17, 15) is 18.0 Å². The number of hydrogen-bond acceptors (Lipinski definition) is 5. The molecule has 0 spiro atoms. The molecule has 2 heterocycles. The number of alkyl halides is 3. The van der Waals surface area contributed by atoms with Crippen LogP contribution in [0.1, 0.15) is 39.3 Å². The molecule has 26 heavy (non-hydrogen) atoms. The number of piperidine rings is 1. The first-order valence-corrected chi connectivity index (χ1v) is 8.66. The van der Waals surface area contributed by atoms with Crippen LogP contribution in [0, 0.1) is 11.8 Å². The Labute approximate surface area is 150 Å². The number of anilines is 1. The Hall–Kier alpha value is -2.06. The SMILES string of the molecule is CC(C)(C)OC(=O)N[C@@H]1[C@@H]2CC[C@H]1CN(c1cc(C(F)(F)F)ncn1)C2. The highest BCUT2D eigenvalue weighted by atomic mass is 19.4. The van der Waals surface area contributed by atoms with Crippen LogP contribution in [-0.2, 0) is 10.9 Å². The van der Waals surface area contributed by atoms with Crippen LogP contribution in [0.4, 0.5) is 23.8 Å². The fraction of sp³-hybridized carbons (Fsp3) is 0.706. The minimum absolute atomic E-state index is 0.0231. The highest BCUT2D eigenvalue weighted by molar-refractivity contribution is 5.68. The molecule has 0 unspecified atom stereocenters. The predicted octanol–water partition coefficient (Wildman–Crippen LogP) is 3.23. The Kier molecular flexibility index (Phi) is 4.74. The third-order valence-corrected chi connectivity index (χ3v) is 4.78.